The minimum absolute atomic E-state index is 0.310. The van der Waals surface area contributed by atoms with Gasteiger partial charge in [-0.2, -0.15) is 0 Å². The zero-order valence-corrected chi connectivity index (χ0v) is 13.5. The standard InChI is InChI=1S/C17H16N2O6/c1-11(24-17(21)14-6-7-15(25-14)19(22)23)16(20)18-9-8-12-4-2-3-5-13(12)10-18/h2-7,11H,8-10H2,1H3/t11-/m1/s1. The van der Waals surface area contributed by atoms with Crippen molar-refractivity contribution in [2.45, 2.75) is 26.0 Å². The number of carbonyl (C=O) groups excluding carboxylic acids is 2. The van der Waals surface area contributed by atoms with E-state index in [2.05, 4.69) is 0 Å². The van der Waals surface area contributed by atoms with Crippen LogP contribution in [0, 0.1) is 10.1 Å². The molecule has 1 aliphatic rings. The van der Waals surface area contributed by atoms with E-state index in [9.17, 15) is 19.7 Å². The summed E-state index contributed by atoms with van der Waals surface area (Å²) in [6.07, 6.45) is -0.269. The molecule has 1 amide bonds. The van der Waals surface area contributed by atoms with E-state index >= 15 is 0 Å². The summed E-state index contributed by atoms with van der Waals surface area (Å²) in [7, 11) is 0. The van der Waals surface area contributed by atoms with Gasteiger partial charge in [0.2, 0.25) is 5.76 Å². The zero-order valence-electron chi connectivity index (χ0n) is 13.5. The Bertz CT molecular complexity index is 828. The highest BCUT2D eigenvalue weighted by Crippen LogP contribution is 2.20. The molecule has 3 rings (SSSR count). The van der Waals surface area contributed by atoms with Crippen molar-refractivity contribution >= 4 is 17.8 Å². The number of esters is 1. The van der Waals surface area contributed by atoms with E-state index in [0.717, 1.165) is 24.1 Å². The molecule has 0 bridgehead atoms. The van der Waals surface area contributed by atoms with Crippen LogP contribution in [0.3, 0.4) is 0 Å². The fourth-order valence-corrected chi connectivity index (χ4v) is 2.75. The first kappa shape index (κ1) is 16.7. The first-order valence-electron chi connectivity index (χ1n) is 7.76. The third-order valence-electron chi connectivity index (χ3n) is 4.05. The number of hydrogen-bond acceptors (Lipinski definition) is 6. The van der Waals surface area contributed by atoms with Crippen LogP contribution in [0.25, 0.3) is 0 Å². The molecule has 1 aromatic carbocycles. The molecule has 8 nitrogen and oxygen atoms in total. The van der Waals surface area contributed by atoms with Crippen molar-refractivity contribution in [3.05, 3.63) is 63.4 Å². The second-order valence-electron chi connectivity index (χ2n) is 5.72. The van der Waals surface area contributed by atoms with Crippen LogP contribution in [0.4, 0.5) is 5.88 Å². The van der Waals surface area contributed by atoms with Crippen molar-refractivity contribution < 1.29 is 23.7 Å². The summed E-state index contributed by atoms with van der Waals surface area (Å²) in [5.41, 5.74) is 2.28. The minimum atomic E-state index is -1.01. The zero-order chi connectivity index (χ0) is 18.0. The smallest absolute Gasteiger partial charge is 0.433 e. The lowest BCUT2D eigenvalue weighted by atomic mass is 9.99. The van der Waals surface area contributed by atoms with Crippen LogP contribution in [-0.4, -0.2) is 34.3 Å². The highest BCUT2D eigenvalue weighted by atomic mass is 16.7. The van der Waals surface area contributed by atoms with Gasteiger partial charge in [0, 0.05) is 13.1 Å². The van der Waals surface area contributed by atoms with E-state index in [1.807, 2.05) is 24.3 Å². The normalized spacial score (nSPS) is 14.5. The van der Waals surface area contributed by atoms with Gasteiger partial charge in [-0.3, -0.25) is 14.9 Å². The number of benzene rings is 1. The number of nitrogens with zero attached hydrogens (tertiary/aromatic N) is 2. The van der Waals surface area contributed by atoms with Gasteiger partial charge in [-0.25, -0.2) is 4.79 Å². The fraction of sp³-hybridized carbons (Fsp3) is 0.294. The van der Waals surface area contributed by atoms with Crippen molar-refractivity contribution in [3.8, 4) is 0 Å². The molecular weight excluding hydrogens is 328 g/mol. The molecule has 1 aromatic heterocycles. The van der Waals surface area contributed by atoms with Crippen molar-refractivity contribution in [1.29, 1.82) is 0 Å². The molecule has 1 atom stereocenters. The summed E-state index contributed by atoms with van der Waals surface area (Å²) in [6.45, 7) is 2.48. The molecule has 0 unspecified atom stereocenters. The minimum Gasteiger partial charge on any atom is -0.447 e. The monoisotopic (exact) mass is 344 g/mol. The number of fused-ring (bicyclic) bond motifs is 1. The summed E-state index contributed by atoms with van der Waals surface area (Å²) >= 11 is 0. The molecule has 2 aromatic rings. The predicted octanol–water partition coefficient (Wildman–Crippen LogP) is 2.32. The van der Waals surface area contributed by atoms with Gasteiger partial charge in [0.1, 0.15) is 4.92 Å². The fourth-order valence-electron chi connectivity index (χ4n) is 2.75. The van der Waals surface area contributed by atoms with Gasteiger partial charge in [0.25, 0.3) is 5.91 Å². The third-order valence-corrected chi connectivity index (χ3v) is 4.05. The lowest BCUT2D eigenvalue weighted by molar-refractivity contribution is -0.402. The van der Waals surface area contributed by atoms with Crippen molar-refractivity contribution in [2.75, 3.05) is 6.54 Å². The third kappa shape index (κ3) is 3.52. The van der Waals surface area contributed by atoms with Gasteiger partial charge in [0.15, 0.2) is 6.10 Å². The SMILES string of the molecule is C[C@@H](OC(=O)c1ccc([N+](=O)[O-])o1)C(=O)N1CCc2ccccc2C1. The molecule has 0 fully saturated rings. The first-order valence-corrected chi connectivity index (χ1v) is 7.76. The van der Waals surface area contributed by atoms with Crippen LogP contribution >= 0.6 is 0 Å². The molecule has 2 heterocycles. The quantitative estimate of drug-likeness (QED) is 0.479. The number of amides is 1. The van der Waals surface area contributed by atoms with Crippen molar-refractivity contribution in [2.24, 2.45) is 0 Å². The van der Waals surface area contributed by atoms with Gasteiger partial charge >= 0.3 is 11.9 Å². The summed E-state index contributed by atoms with van der Waals surface area (Å²) < 4.78 is 9.87. The average Bonchev–Trinajstić information content (AvgIpc) is 3.11. The van der Waals surface area contributed by atoms with E-state index in [-0.39, 0.29) is 11.7 Å². The second kappa shape index (κ2) is 6.76. The highest BCUT2D eigenvalue weighted by Gasteiger charge is 2.28. The molecule has 0 spiro atoms. The van der Waals surface area contributed by atoms with Crippen LogP contribution < -0.4 is 0 Å². The largest absolute Gasteiger partial charge is 0.447 e. The molecular formula is C17H16N2O6. The molecule has 0 N–H and O–H groups in total. The van der Waals surface area contributed by atoms with E-state index in [1.165, 1.54) is 12.5 Å². The molecule has 8 heteroatoms. The Morgan fingerprint density at radius 2 is 1.96 bits per heavy atom. The van der Waals surface area contributed by atoms with Crippen LogP contribution in [0.15, 0.2) is 40.8 Å². The number of ether oxygens (including phenoxy) is 1. The maximum atomic E-state index is 12.5. The predicted molar refractivity (Wildman–Crippen MR) is 85.8 cm³/mol. The Balaban J connectivity index is 1.63. The summed E-state index contributed by atoms with van der Waals surface area (Å²) in [6, 6.07) is 10.1. The Hall–Kier alpha value is -3.16. The van der Waals surface area contributed by atoms with Gasteiger partial charge in [-0.05, 0) is 30.5 Å². The molecule has 0 aliphatic carbocycles. The van der Waals surface area contributed by atoms with Gasteiger partial charge in [-0.15, -0.1) is 0 Å². The highest BCUT2D eigenvalue weighted by molar-refractivity contribution is 5.90. The maximum Gasteiger partial charge on any atom is 0.433 e. The topological polar surface area (TPSA) is 103 Å². The van der Waals surface area contributed by atoms with Gasteiger partial charge < -0.3 is 14.1 Å². The summed E-state index contributed by atoms with van der Waals surface area (Å²) in [5.74, 6) is -2.09. The molecule has 130 valence electrons. The Kier molecular flexibility index (Phi) is 4.51. The number of furan rings is 1. The number of nitro groups is 1. The lowest BCUT2D eigenvalue weighted by Gasteiger charge is -2.30. The van der Waals surface area contributed by atoms with Gasteiger partial charge in [-0.1, -0.05) is 24.3 Å². The Morgan fingerprint density at radius 1 is 1.24 bits per heavy atom. The number of carbonyl (C=O) groups is 2. The Labute approximate surface area is 143 Å². The molecule has 0 saturated carbocycles. The van der Waals surface area contributed by atoms with Crippen LogP contribution in [-0.2, 0) is 22.5 Å². The second-order valence-corrected chi connectivity index (χ2v) is 5.72. The molecule has 0 radical (unpaired) electrons. The number of rotatable bonds is 4. The van der Waals surface area contributed by atoms with Crippen molar-refractivity contribution in [3.63, 3.8) is 0 Å². The first-order chi connectivity index (χ1) is 12.0. The van der Waals surface area contributed by atoms with Crippen molar-refractivity contribution in [1.82, 2.24) is 4.90 Å². The van der Waals surface area contributed by atoms with Crippen LogP contribution in [0.2, 0.25) is 0 Å². The van der Waals surface area contributed by atoms with Crippen LogP contribution in [0.5, 0.6) is 0 Å². The lowest BCUT2D eigenvalue weighted by Crippen LogP contribution is -2.42. The average molecular weight is 344 g/mol. The number of hydrogen-bond donors (Lipinski definition) is 0. The molecule has 1 aliphatic heterocycles. The summed E-state index contributed by atoms with van der Waals surface area (Å²) in [5, 5.41) is 10.6. The molecule has 0 saturated heterocycles. The van der Waals surface area contributed by atoms with Gasteiger partial charge in [0.05, 0.1) is 6.07 Å². The van der Waals surface area contributed by atoms with E-state index in [0.29, 0.717) is 13.1 Å². The Morgan fingerprint density at radius 3 is 2.64 bits per heavy atom. The summed E-state index contributed by atoms with van der Waals surface area (Å²) in [4.78, 5) is 35.9. The van der Waals surface area contributed by atoms with E-state index in [4.69, 9.17) is 9.15 Å². The molecule has 25 heavy (non-hydrogen) atoms. The maximum absolute atomic E-state index is 12.5. The van der Waals surface area contributed by atoms with Crippen LogP contribution in [0.1, 0.15) is 28.6 Å². The van der Waals surface area contributed by atoms with E-state index < -0.39 is 22.9 Å². The van der Waals surface area contributed by atoms with E-state index in [1.54, 1.807) is 4.90 Å².